The van der Waals surface area contributed by atoms with E-state index in [1.165, 1.54) is 25.1 Å². The van der Waals surface area contributed by atoms with Crippen molar-refractivity contribution in [3.63, 3.8) is 0 Å². The van der Waals surface area contributed by atoms with E-state index in [4.69, 9.17) is 0 Å². The zero-order chi connectivity index (χ0) is 20.4. The molecule has 0 aliphatic heterocycles. The number of hydrogen-bond donors (Lipinski definition) is 2. The molecule has 0 spiro atoms. The number of benzene rings is 3. The largest absolute Gasteiger partial charge is 0.393 e. The number of thiophene rings is 1. The zero-order valence-corrected chi connectivity index (χ0v) is 17.6. The van der Waals surface area contributed by atoms with Gasteiger partial charge >= 0.3 is 0 Å². The lowest BCUT2D eigenvalue weighted by atomic mass is 10.0. The van der Waals surface area contributed by atoms with Crippen LogP contribution in [0.4, 0.5) is 0 Å². The van der Waals surface area contributed by atoms with Crippen LogP contribution in [-0.2, 0) is 0 Å². The molecule has 4 heteroatoms. The van der Waals surface area contributed by atoms with Gasteiger partial charge in [-0.2, -0.15) is 0 Å². The van der Waals surface area contributed by atoms with Crippen LogP contribution < -0.4 is 5.32 Å². The van der Waals surface area contributed by atoms with Crippen LogP contribution in [0, 0.1) is 5.92 Å². The molecule has 2 N–H and O–H groups in total. The molecule has 1 heterocycles. The normalized spacial score (nSPS) is 13.5. The van der Waals surface area contributed by atoms with Crippen LogP contribution in [0.2, 0.25) is 0 Å². The molecular weight excluding hydrogens is 378 g/mol. The molecule has 2 unspecified atom stereocenters. The third-order valence-electron chi connectivity index (χ3n) is 5.21. The molecule has 0 radical (unpaired) electrons. The number of rotatable bonds is 6. The topological polar surface area (TPSA) is 49.3 Å². The standard InChI is InChI=1S/C25H25NO2S/c1-17(15-18(2)27)16-26-25(28)19-11-13-20(14-12-19)29-23-9-5-3-7-21(23)22-8-4-6-10-24(22)29/h3-14,17-18,27H,15-16H2,1-2H3/p+1. The molecule has 29 heavy (non-hydrogen) atoms. The van der Waals surface area contributed by atoms with Crippen LogP contribution in [0.25, 0.3) is 25.1 Å². The Kier molecular flexibility index (Phi) is 5.65. The van der Waals surface area contributed by atoms with E-state index in [0.717, 1.165) is 0 Å². The summed E-state index contributed by atoms with van der Waals surface area (Å²) in [6.07, 6.45) is 0.334. The van der Waals surface area contributed by atoms with E-state index in [-0.39, 0.29) is 28.4 Å². The summed E-state index contributed by atoms with van der Waals surface area (Å²) in [6, 6.07) is 25.2. The Morgan fingerprint density at radius 1 is 0.897 bits per heavy atom. The van der Waals surface area contributed by atoms with Crippen LogP contribution in [0.1, 0.15) is 30.6 Å². The lowest BCUT2D eigenvalue weighted by molar-refractivity contribution is 0.0939. The molecule has 4 rings (SSSR count). The second kappa shape index (κ2) is 8.36. The van der Waals surface area contributed by atoms with Gasteiger partial charge in [-0.15, -0.1) is 0 Å². The Morgan fingerprint density at radius 2 is 1.45 bits per heavy atom. The first-order valence-corrected chi connectivity index (χ1v) is 11.3. The highest BCUT2D eigenvalue weighted by molar-refractivity contribution is 7.50. The van der Waals surface area contributed by atoms with E-state index in [1.807, 2.05) is 19.1 Å². The van der Waals surface area contributed by atoms with Gasteiger partial charge in [0.25, 0.3) is 5.91 Å². The predicted molar refractivity (Wildman–Crippen MR) is 123 cm³/mol. The quantitative estimate of drug-likeness (QED) is 0.395. The van der Waals surface area contributed by atoms with E-state index in [2.05, 4.69) is 66.0 Å². The maximum absolute atomic E-state index is 12.5. The van der Waals surface area contributed by atoms with Crippen LogP contribution in [-0.4, -0.2) is 23.7 Å². The molecule has 1 amide bonds. The average molecular weight is 405 g/mol. The predicted octanol–water partition coefficient (Wildman–Crippen LogP) is 5.87. The summed E-state index contributed by atoms with van der Waals surface area (Å²) in [4.78, 5) is 13.7. The Balaban J connectivity index is 1.61. The third kappa shape index (κ3) is 4.04. The van der Waals surface area contributed by atoms with E-state index in [0.29, 0.717) is 18.5 Å². The Morgan fingerprint density at radius 3 is 2.00 bits per heavy atom. The SMILES string of the molecule is CC(O)CC(C)CNC(=O)c1ccc(-[s+]2c3ccccc3c3ccccc32)cc1. The zero-order valence-electron chi connectivity index (χ0n) is 16.8. The summed E-state index contributed by atoms with van der Waals surface area (Å²) in [5, 5.41) is 15.1. The summed E-state index contributed by atoms with van der Waals surface area (Å²) in [6.45, 7) is 4.37. The van der Waals surface area contributed by atoms with Gasteiger partial charge in [-0.1, -0.05) is 31.2 Å². The lowest BCUT2D eigenvalue weighted by Crippen LogP contribution is -2.29. The fraction of sp³-hybridized carbons (Fsp3) is 0.240. The summed E-state index contributed by atoms with van der Waals surface area (Å²) in [5.41, 5.74) is 0.669. The summed E-state index contributed by atoms with van der Waals surface area (Å²) >= 11 is 0. The Labute approximate surface area is 174 Å². The highest BCUT2D eigenvalue weighted by atomic mass is 32.2. The third-order valence-corrected chi connectivity index (χ3v) is 7.55. The van der Waals surface area contributed by atoms with E-state index < -0.39 is 0 Å². The first-order valence-electron chi connectivity index (χ1n) is 10.0. The molecule has 1 aromatic heterocycles. The number of carbonyl (C=O) groups is 1. The van der Waals surface area contributed by atoms with Gasteiger partial charge in [-0.25, -0.2) is 0 Å². The van der Waals surface area contributed by atoms with Crippen molar-refractivity contribution in [1.82, 2.24) is 5.32 Å². The van der Waals surface area contributed by atoms with Gasteiger partial charge in [0, 0.05) is 33.4 Å². The van der Waals surface area contributed by atoms with Crippen LogP contribution >= 0.6 is 10.5 Å². The number of carbonyl (C=O) groups excluding carboxylic acids is 1. The van der Waals surface area contributed by atoms with Crippen molar-refractivity contribution in [2.24, 2.45) is 5.92 Å². The van der Waals surface area contributed by atoms with Gasteiger partial charge in [-0.3, -0.25) is 4.79 Å². The first-order chi connectivity index (χ1) is 14.0. The van der Waals surface area contributed by atoms with Crippen molar-refractivity contribution < 1.29 is 9.90 Å². The number of amides is 1. The van der Waals surface area contributed by atoms with Crippen LogP contribution in [0.5, 0.6) is 0 Å². The molecule has 3 nitrogen and oxygen atoms in total. The van der Waals surface area contributed by atoms with Gasteiger partial charge in [0.1, 0.15) is 0 Å². The molecule has 0 aliphatic rings. The van der Waals surface area contributed by atoms with Gasteiger partial charge in [0.15, 0.2) is 14.3 Å². The minimum Gasteiger partial charge on any atom is -0.393 e. The first kappa shape index (κ1) is 19.6. The van der Waals surface area contributed by atoms with E-state index in [1.54, 1.807) is 6.92 Å². The number of aliphatic hydroxyl groups excluding tert-OH is 1. The Hall–Kier alpha value is -2.69. The maximum Gasteiger partial charge on any atom is 0.251 e. The molecule has 0 saturated heterocycles. The molecule has 148 valence electrons. The molecule has 0 fully saturated rings. The highest BCUT2D eigenvalue weighted by Crippen LogP contribution is 2.48. The van der Waals surface area contributed by atoms with Crippen molar-refractivity contribution in [2.45, 2.75) is 26.4 Å². The van der Waals surface area contributed by atoms with Crippen molar-refractivity contribution in [3.05, 3.63) is 78.4 Å². The minimum absolute atomic E-state index is 0.0652. The summed E-state index contributed by atoms with van der Waals surface area (Å²) in [7, 11) is -0.139. The van der Waals surface area contributed by atoms with Crippen LogP contribution in [0.15, 0.2) is 72.8 Å². The summed E-state index contributed by atoms with van der Waals surface area (Å²) < 4.78 is 2.69. The second-order valence-corrected chi connectivity index (χ2v) is 9.69. The molecular formula is C25H26NO2S+. The fourth-order valence-corrected chi connectivity index (χ4v) is 6.26. The number of fused-ring (bicyclic) bond motifs is 3. The molecule has 0 bridgehead atoms. The van der Waals surface area contributed by atoms with Crippen LogP contribution in [0.3, 0.4) is 0 Å². The van der Waals surface area contributed by atoms with E-state index >= 15 is 0 Å². The van der Waals surface area contributed by atoms with Crippen molar-refractivity contribution >= 4 is 36.5 Å². The van der Waals surface area contributed by atoms with E-state index in [9.17, 15) is 9.90 Å². The van der Waals surface area contributed by atoms with Crippen molar-refractivity contribution in [2.75, 3.05) is 6.54 Å². The molecule has 0 saturated carbocycles. The summed E-state index contributed by atoms with van der Waals surface area (Å²) in [5.74, 6) is 0.177. The Bertz CT molecular complexity index is 1090. The maximum atomic E-state index is 12.5. The van der Waals surface area contributed by atoms with Gasteiger partial charge in [-0.05, 0) is 67.8 Å². The average Bonchev–Trinajstić information content (AvgIpc) is 3.06. The van der Waals surface area contributed by atoms with Crippen molar-refractivity contribution in [3.8, 4) is 4.90 Å². The number of nitrogens with one attached hydrogen (secondary N) is 1. The van der Waals surface area contributed by atoms with Gasteiger partial charge < -0.3 is 10.4 Å². The smallest absolute Gasteiger partial charge is 0.251 e. The molecule has 0 aliphatic carbocycles. The van der Waals surface area contributed by atoms with Gasteiger partial charge in [0.05, 0.1) is 6.10 Å². The fourth-order valence-electron chi connectivity index (χ4n) is 3.88. The lowest BCUT2D eigenvalue weighted by Gasteiger charge is -2.14. The second-order valence-electron chi connectivity index (χ2n) is 7.72. The minimum atomic E-state index is -0.348. The van der Waals surface area contributed by atoms with Crippen molar-refractivity contribution in [1.29, 1.82) is 0 Å². The molecule has 4 aromatic rings. The molecule has 2 atom stereocenters. The number of aliphatic hydroxyl groups is 1. The monoisotopic (exact) mass is 404 g/mol. The highest BCUT2D eigenvalue weighted by Gasteiger charge is 2.23. The molecule has 3 aromatic carbocycles. The number of hydrogen-bond acceptors (Lipinski definition) is 2. The van der Waals surface area contributed by atoms with Gasteiger partial charge in [0.2, 0.25) is 0 Å².